The Balaban J connectivity index is 1.74. The van der Waals surface area contributed by atoms with Gasteiger partial charge in [-0.2, -0.15) is 0 Å². The SMILES string of the molecule is NC1CCCC1OC(=O)Nc1cccc2ccccc12. The molecule has 104 valence electrons. The maximum Gasteiger partial charge on any atom is 0.411 e. The third kappa shape index (κ3) is 2.60. The van der Waals surface area contributed by atoms with E-state index in [1.807, 2.05) is 42.5 Å². The van der Waals surface area contributed by atoms with Gasteiger partial charge < -0.3 is 10.5 Å². The molecule has 2 aromatic carbocycles. The molecule has 1 amide bonds. The second kappa shape index (κ2) is 5.51. The van der Waals surface area contributed by atoms with E-state index in [0.29, 0.717) is 0 Å². The Morgan fingerprint density at radius 2 is 1.95 bits per heavy atom. The van der Waals surface area contributed by atoms with Gasteiger partial charge in [-0.3, -0.25) is 5.32 Å². The minimum atomic E-state index is -0.427. The standard InChI is InChI=1S/C16H18N2O2/c17-13-8-4-10-15(13)20-16(19)18-14-9-3-6-11-5-1-2-7-12(11)14/h1-3,5-7,9,13,15H,4,8,10,17H2,(H,18,19). The van der Waals surface area contributed by atoms with Crippen LogP contribution in [0.25, 0.3) is 10.8 Å². The fourth-order valence-corrected chi connectivity index (χ4v) is 2.71. The van der Waals surface area contributed by atoms with Crippen LogP contribution in [0.4, 0.5) is 10.5 Å². The van der Waals surface area contributed by atoms with Crippen molar-refractivity contribution in [2.75, 3.05) is 5.32 Å². The van der Waals surface area contributed by atoms with Gasteiger partial charge in [-0.1, -0.05) is 36.4 Å². The summed E-state index contributed by atoms with van der Waals surface area (Å²) in [4.78, 5) is 12.0. The van der Waals surface area contributed by atoms with Gasteiger partial charge in [0.15, 0.2) is 0 Å². The van der Waals surface area contributed by atoms with Crippen molar-refractivity contribution >= 4 is 22.6 Å². The fraction of sp³-hybridized carbons (Fsp3) is 0.312. The fourth-order valence-electron chi connectivity index (χ4n) is 2.71. The van der Waals surface area contributed by atoms with Crippen LogP contribution in [0.15, 0.2) is 42.5 Å². The van der Waals surface area contributed by atoms with Gasteiger partial charge in [0.1, 0.15) is 6.10 Å². The van der Waals surface area contributed by atoms with E-state index >= 15 is 0 Å². The van der Waals surface area contributed by atoms with Gasteiger partial charge >= 0.3 is 6.09 Å². The number of fused-ring (bicyclic) bond motifs is 1. The zero-order valence-electron chi connectivity index (χ0n) is 11.2. The molecule has 0 saturated heterocycles. The molecule has 2 unspecified atom stereocenters. The molecule has 2 aromatic rings. The Morgan fingerprint density at radius 3 is 2.75 bits per heavy atom. The van der Waals surface area contributed by atoms with E-state index in [0.717, 1.165) is 35.7 Å². The average Bonchev–Trinajstić information content (AvgIpc) is 2.85. The first-order chi connectivity index (χ1) is 9.74. The summed E-state index contributed by atoms with van der Waals surface area (Å²) in [5.74, 6) is 0. The summed E-state index contributed by atoms with van der Waals surface area (Å²) in [5.41, 5.74) is 6.67. The molecule has 1 aliphatic carbocycles. The molecule has 2 atom stereocenters. The number of ether oxygens (including phenoxy) is 1. The van der Waals surface area contributed by atoms with Gasteiger partial charge in [-0.05, 0) is 30.7 Å². The van der Waals surface area contributed by atoms with Crippen molar-refractivity contribution in [3.8, 4) is 0 Å². The molecule has 1 fully saturated rings. The van der Waals surface area contributed by atoms with E-state index in [1.54, 1.807) is 0 Å². The lowest BCUT2D eigenvalue weighted by atomic mass is 10.1. The molecule has 4 heteroatoms. The van der Waals surface area contributed by atoms with Crippen molar-refractivity contribution in [1.29, 1.82) is 0 Å². The molecule has 20 heavy (non-hydrogen) atoms. The van der Waals surface area contributed by atoms with Crippen molar-refractivity contribution in [2.45, 2.75) is 31.4 Å². The Kier molecular flexibility index (Phi) is 3.56. The topological polar surface area (TPSA) is 64.3 Å². The molecule has 3 rings (SSSR count). The quantitative estimate of drug-likeness (QED) is 0.880. The summed E-state index contributed by atoms with van der Waals surface area (Å²) in [6, 6.07) is 13.7. The Hall–Kier alpha value is -2.07. The minimum Gasteiger partial charge on any atom is -0.444 e. The van der Waals surface area contributed by atoms with Crippen molar-refractivity contribution < 1.29 is 9.53 Å². The number of hydrogen-bond donors (Lipinski definition) is 2. The second-order valence-corrected chi connectivity index (χ2v) is 5.19. The van der Waals surface area contributed by atoms with Crippen molar-refractivity contribution in [1.82, 2.24) is 0 Å². The molecular formula is C16H18N2O2. The minimum absolute atomic E-state index is 0.0340. The van der Waals surface area contributed by atoms with Gasteiger partial charge in [0, 0.05) is 11.4 Å². The predicted molar refractivity (Wildman–Crippen MR) is 79.7 cm³/mol. The number of rotatable bonds is 2. The molecule has 0 radical (unpaired) electrons. The molecule has 0 heterocycles. The van der Waals surface area contributed by atoms with Gasteiger partial charge in [0.25, 0.3) is 0 Å². The molecule has 0 bridgehead atoms. The molecule has 3 N–H and O–H groups in total. The maximum absolute atomic E-state index is 12.0. The highest BCUT2D eigenvalue weighted by Crippen LogP contribution is 2.24. The number of amides is 1. The van der Waals surface area contributed by atoms with Crippen LogP contribution in [-0.4, -0.2) is 18.2 Å². The van der Waals surface area contributed by atoms with Crippen molar-refractivity contribution in [2.24, 2.45) is 5.73 Å². The number of anilines is 1. The van der Waals surface area contributed by atoms with Crippen LogP contribution < -0.4 is 11.1 Å². The second-order valence-electron chi connectivity index (χ2n) is 5.19. The maximum atomic E-state index is 12.0. The molecular weight excluding hydrogens is 252 g/mol. The van der Waals surface area contributed by atoms with E-state index < -0.39 is 6.09 Å². The molecule has 0 aliphatic heterocycles. The number of nitrogens with one attached hydrogen (secondary N) is 1. The van der Waals surface area contributed by atoms with Crippen molar-refractivity contribution in [3.63, 3.8) is 0 Å². The summed E-state index contributed by atoms with van der Waals surface area (Å²) in [7, 11) is 0. The highest BCUT2D eigenvalue weighted by Gasteiger charge is 2.27. The first-order valence-corrected chi connectivity index (χ1v) is 6.95. The Morgan fingerprint density at radius 1 is 1.15 bits per heavy atom. The number of hydrogen-bond acceptors (Lipinski definition) is 3. The Labute approximate surface area is 117 Å². The molecule has 4 nitrogen and oxygen atoms in total. The predicted octanol–water partition coefficient (Wildman–Crippen LogP) is 3.27. The van der Waals surface area contributed by atoms with Crippen LogP contribution in [0, 0.1) is 0 Å². The molecule has 0 aromatic heterocycles. The summed E-state index contributed by atoms with van der Waals surface area (Å²) in [6.45, 7) is 0. The van der Waals surface area contributed by atoms with Crippen LogP contribution in [0.2, 0.25) is 0 Å². The van der Waals surface area contributed by atoms with Gasteiger partial charge in [0.2, 0.25) is 0 Å². The van der Waals surface area contributed by atoms with Gasteiger partial charge in [-0.25, -0.2) is 4.79 Å². The van der Waals surface area contributed by atoms with Crippen LogP contribution in [0.5, 0.6) is 0 Å². The number of benzene rings is 2. The lowest BCUT2D eigenvalue weighted by Gasteiger charge is -2.17. The van der Waals surface area contributed by atoms with E-state index in [1.165, 1.54) is 0 Å². The molecule has 1 saturated carbocycles. The van der Waals surface area contributed by atoms with Gasteiger partial charge in [0.05, 0.1) is 5.69 Å². The lowest BCUT2D eigenvalue weighted by molar-refractivity contribution is 0.105. The summed E-state index contributed by atoms with van der Waals surface area (Å²) < 4.78 is 5.40. The number of carbonyl (C=O) groups is 1. The average molecular weight is 270 g/mol. The highest BCUT2D eigenvalue weighted by molar-refractivity contribution is 6.00. The van der Waals surface area contributed by atoms with E-state index in [4.69, 9.17) is 10.5 Å². The van der Waals surface area contributed by atoms with E-state index in [-0.39, 0.29) is 12.1 Å². The van der Waals surface area contributed by atoms with Crippen LogP contribution in [0.1, 0.15) is 19.3 Å². The van der Waals surface area contributed by atoms with Crippen molar-refractivity contribution in [3.05, 3.63) is 42.5 Å². The van der Waals surface area contributed by atoms with E-state index in [9.17, 15) is 4.79 Å². The third-order valence-electron chi connectivity index (χ3n) is 3.79. The highest BCUT2D eigenvalue weighted by atomic mass is 16.6. The third-order valence-corrected chi connectivity index (χ3v) is 3.79. The first kappa shape index (κ1) is 12.9. The van der Waals surface area contributed by atoms with Crippen LogP contribution in [0.3, 0.4) is 0 Å². The van der Waals surface area contributed by atoms with Crippen LogP contribution in [-0.2, 0) is 4.74 Å². The molecule has 1 aliphatic rings. The summed E-state index contributed by atoms with van der Waals surface area (Å²) in [5, 5.41) is 4.90. The monoisotopic (exact) mass is 270 g/mol. The first-order valence-electron chi connectivity index (χ1n) is 6.95. The Bertz CT molecular complexity index is 621. The number of carbonyl (C=O) groups excluding carboxylic acids is 1. The zero-order chi connectivity index (χ0) is 13.9. The lowest BCUT2D eigenvalue weighted by Crippen LogP contribution is -2.34. The van der Waals surface area contributed by atoms with Crippen LogP contribution >= 0.6 is 0 Å². The number of nitrogens with two attached hydrogens (primary N) is 1. The normalized spacial score (nSPS) is 21.9. The summed E-state index contributed by atoms with van der Waals surface area (Å²) in [6.07, 6.45) is 2.21. The van der Waals surface area contributed by atoms with Gasteiger partial charge in [-0.15, -0.1) is 0 Å². The molecule has 0 spiro atoms. The zero-order valence-corrected chi connectivity index (χ0v) is 11.2. The largest absolute Gasteiger partial charge is 0.444 e. The summed E-state index contributed by atoms with van der Waals surface area (Å²) >= 11 is 0. The van der Waals surface area contributed by atoms with E-state index in [2.05, 4.69) is 5.32 Å². The smallest absolute Gasteiger partial charge is 0.411 e.